The van der Waals surface area contributed by atoms with Gasteiger partial charge in [-0.05, 0) is 65.2 Å². The highest BCUT2D eigenvalue weighted by Gasteiger charge is 2.18. The van der Waals surface area contributed by atoms with Crippen LogP contribution in [0.1, 0.15) is 10.4 Å². The van der Waals surface area contributed by atoms with Crippen LogP contribution in [0.2, 0.25) is 5.02 Å². The number of benzene rings is 4. The number of anilines is 2. The van der Waals surface area contributed by atoms with Crippen LogP contribution in [-0.4, -0.2) is 14.3 Å². The zero-order valence-electron chi connectivity index (χ0n) is 17.9. The molecule has 4 aromatic rings. The second kappa shape index (κ2) is 9.46. The number of amides is 1. The van der Waals surface area contributed by atoms with Crippen molar-refractivity contribution in [3.8, 4) is 22.3 Å². The molecule has 35 heavy (non-hydrogen) atoms. The van der Waals surface area contributed by atoms with Gasteiger partial charge in [-0.15, -0.1) is 0 Å². The average molecular weight is 514 g/mol. The second-order valence-corrected chi connectivity index (χ2v) is 9.64. The van der Waals surface area contributed by atoms with Crippen LogP contribution >= 0.6 is 11.6 Å². The lowest BCUT2D eigenvalue weighted by Crippen LogP contribution is -2.15. The third-order valence-electron chi connectivity index (χ3n) is 5.27. The SMILES string of the molecule is Nc1c(C(=O)Nc2ccc(F)c(F)c2)cc(-c2ccc(Cl)cc2)cc1-c1ccc(S(N)(=O)=O)cc1. The van der Waals surface area contributed by atoms with Crippen molar-refractivity contribution in [3.63, 3.8) is 0 Å². The van der Waals surface area contributed by atoms with Crippen LogP contribution in [-0.2, 0) is 10.0 Å². The minimum absolute atomic E-state index is 0.0456. The highest BCUT2D eigenvalue weighted by molar-refractivity contribution is 7.89. The molecule has 178 valence electrons. The fourth-order valence-electron chi connectivity index (χ4n) is 3.49. The average Bonchev–Trinajstić information content (AvgIpc) is 2.81. The zero-order chi connectivity index (χ0) is 25.3. The first kappa shape index (κ1) is 24.3. The highest BCUT2D eigenvalue weighted by atomic mass is 35.5. The van der Waals surface area contributed by atoms with Gasteiger partial charge in [0.2, 0.25) is 10.0 Å². The van der Waals surface area contributed by atoms with E-state index in [4.69, 9.17) is 22.5 Å². The number of carbonyl (C=O) groups excluding carboxylic acids is 1. The van der Waals surface area contributed by atoms with E-state index in [1.807, 2.05) is 0 Å². The molecule has 5 N–H and O–H groups in total. The molecule has 0 saturated heterocycles. The molecule has 0 atom stereocenters. The van der Waals surface area contributed by atoms with Gasteiger partial charge in [-0.1, -0.05) is 35.9 Å². The van der Waals surface area contributed by atoms with Crippen LogP contribution in [0.15, 0.2) is 83.8 Å². The van der Waals surface area contributed by atoms with Crippen molar-refractivity contribution in [1.29, 1.82) is 0 Å². The van der Waals surface area contributed by atoms with E-state index in [2.05, 4.69) is 5.32 Å². The largest absolute Gasteiger partial charge is 0.398 e. The molecule has 6 nitrogen and oxygen atoms in total. The molecule has 0 radical (unpaired) electrons. The maximum Gasteiger partial charge on any atom is 0.257 e. The molecule has 0 spiro atoms. The molecule has 0 aliphatic rings. The monoisotopic (exact) mass is 513 g/mol. The van der Waals surface area contributed by atoms with E-state index < -0.39 is 27.6 Å². The van der Waals surface area contributed by atoms with E-state index in [1.165, 1.54) is 30.3 Å². The molecule has 1 amide bonds. The van der Waals surface area contributed by atoms with Crippen molar-refractivity contribution in [2.45, 2.75) is 4.90 Å². The molecule has 4 aromatic carbocycles. The third kappa shape index (κ3) is 5.32. The number of hydrogen-bond donors (Lipinski definition) is 3. The van der Waals surface area contributed by atoms with Crippen LogP contribution in [0.4, 0.5) is 20.2 Å². The maximum atomic E-state index is 13.6. The van der Waals surface area contributed by atoms with E-state index in [0.717, 1.165) is 17.7 Å². The predicted molar refractivity (Wildman–Crippen MR) is 132 cm³/mol. The molecule has 4 rings (SSSR count). The molecule has 0 aliphatic carbocycles. The van der Waals surface area contributed by atoms with E-state index in [1.54, 1.807) is 36.4 Å². The number of nitrogens with two attached hydrogens (primary N) is 2. The van der Waals surface area contributed by atoms with E-state index >= 15 is 0 Å². The molecular weight excluding hydrogens is 496 g/mol. The lowest BCUT2D eigenvalue weighted by molar-refractivity contribution is 0.102. The Morgan fingerprint density at radius 3 is 2.03 bits per heavy atom. The van der Waals surface area contributed by atoms with Crippen LogP contribution < -0.4 is 16.2 Å². The number of carbonyl (C=O) groups is 1. The lowest BCUT2D eigenvalue weighted by atomic mass is 9.93. The zero-order valence-corrected chi connectivity index (χ0v) is 19.5. The van der Waals surface area contributed by atoms with Gasteiger partial charge in [0.25, 0.3) is 5.91 Å². The van der Waals surface area contributed by atoms with E-state index in [-0.39, 0.29) is 21.8 Å². The number of sulfonamides is 1. The summed E-state index contributed by atoms with van der Waals surface area (Å²) >= 11 is 6.00. The van der Waals surface area contributed by atoms with Crippen LogP contribution in [0.5, 0.6) is 0 Å². The first-order valence-corrected chi connectivity index (χ1v) is 12.0. The summed E-state index contributed by atoms with van der Waals surface area (Å²) in [4.78, 5) is 13.0. The van der Waals surface area contributed by atoms with Crippen molar-refractivity contribution in [1.82, 2.24) is 0 Å². The number of halogens is 3. The number of nitrogen functional groups attached to an aromatic ring is 1. The Balaban J connectivity index is 1.83. The first-order chi connectivity index (χ1) is 16.5. The van der Waals surface area contributed by atoms with Crippen molar-refractivity contribution >= 4 is 38.9 Å². The third-order valence-corrected chi connectivity index (χ3v) is 6.45. The van der Waals surface area contributed by atoms with Crippen LogP contribution in [0, 0.1) is 11.6 Å². The summed E-state index contributed by atoms with van der Waals surface area (Å²) in [5.74, 6) is -2.80. The predicted octanol–water partition coefficient (Wildman–Crippen LogP) is 5.43. The smallest absolute Gasteiger partial charge is 0.257 e. The molecule has 0 unspecified atom stereocenters. The van der Waals surface area contributed by atoms with E-state index in [0.29, 0.717) is 21.7 Å². The van der Waals surface area contributed by atoms with Crippen molar-refractivity contribution in [2.75, 3.05) is 11.1 Å². The summed E-state index contributed by atoms with van der Waals surface area (Å²) in [7, 11) is -3.90. The van der Waals surface area contributed by atoms with Gasteiger partial charge in [-0.2, -0.15) is 0 Å². The molecule has 0 bridgehead atoms. The maximum absolute atomic E-state index is 13.6. The van der Waals surface area contributed by atoms with Crippen LogP contribution in [0.3, 0.4) is 0 Å². The Labute approximate surface area is 205 Å². The fraction of sp³-hybridized carbons (Fsp3) is 0. The molecule has 0 aliphatic heterocycles. The van der Waals surface area contributed by atoms with Gasteiger partial charge in [-0.25, -0.2) is 22.3 Å². The molecule has 0 aromatic heterocycles. The van der Waals surface area contributed by atoms with Gasteiger partial charge in [-0.3, -0.25) is 4.79 Å². The number of primary sulfonamides is 1. The summed E-state index contributed by atoms with van der Waals surface area (Å²) in [6.45, 7) is 0. The first-order valence-electron chi connectivity index (χ1n) is 10.1. The normalized spacial score (nSPS) is 11.3. The van der Waals surface area contributed by atoms with Gasteiger partial charge in [0.1, 0.15) is 0 Å². The minimum atomic E-state index is -3.90. The van der Waals surface area contributed by atoms with Gasteiger partial charge in [0.05, 0.1) is 16.1 Å². The Morgan fingerprint density at radius 2 is 1.43 bits per heavy atom. The van der Waals surface area contributed by atoms with Gasteiger partial charge in [0.15, 0.2) is 11.6 Å². The number of nitrogens with one attached hydrogen (secondary N) is 1. The van der Waals surface area contributed by atoms with Gasteiger partial charge >= 0.3 is 0 Å². The van der Waals surface area contributed by atoms with E-state index in [9.17, 15) is 22.0 Å². The summed E-state index contributed by atoms with van der Waals surface area (Å²) in [5, 5.41) is 8.23. The highest BCUT2D eigenvalue weighted by Crippen LogP contribution is 2.35. The van der Waals surface area contributed by atoms with Gasteiger partial charge in [0, 0.05) is 22.3 Å². The quantitative estimate of drug-likeness (QED) is 0.308. The lowest BCUT2D eigenvalue weighted by Gasteiger charge is -2.15. The minimum Gasteiger partial charge on any atom is -0.398 e. The topological polar surface area (TPSA) is 115 Å². The number of rotatable bonds is 5. The molecular formula is C25H18ClF2N3O3S. The molecule has 0 heterocycles. The number of hydrogen-bond acceptors (Lipinski definition) is 4. The van der Waals surface area contributed by atoms with Crippen LogP contribution in [0.25, 0.3) is 22.3 Å². The standard InChI is InChI=1S/C25H18ClF2N3O3S/c26-17-5-1-14(2-6-17)16-11-20(15-3-8-19(9-4-15)35(30,33)34)24(29)21(12-16)25(32)31-18-7-10-22(27)23(28)13-18/h1-13H,29H2,(H,31,32)(H2,30,33,34). The molecule has 0 saturated carbocycles. The van der Waals surface area contributed by atoms with Crippen molar-refractivity contribution in [3.05, 3.63) is 101 Å². The Hall–Kier alpha value is -3.79. The summed E-state index contributed by atoms with van der Waals surface area (Å²) in [6, 6.07) is 18.9. The van der Waals surface area contributed by atoms with Crippen molar-refractivity contribution in [2.24, 2.45) is 5.14 Å². The fourth-order valence-corrected chi connectivity index (χ4v) is 4.13. The Bertz CT molecular complexity index is 1540. The summed E-state index contributed by atoms with van der Waals surface area (Å²) in [6.07, 6.45) is 0. The second-order valence-electron chi connectivity index (χ2n) is 7.64. The van der Waals surface area contributed by atoms with Gasteiger partial charge < -0.3 is 11.1 Å². The summed E-state index contributed by atoms with van der Waals surface area (Å²) in [5.41, 5.74) is 8.93. The Kier molecular flexibility index (Phi) is 6.58. The molecule has 10 heteroatoms. The van der Waals surface area contributed by atoms with Crippen molar-refractivity contribution < 1.29 is 22.0 Å². The molecule has 0 fully saturated rings. The Morgan fingerprint density at radius 1 is 0.800 bits per heavy atom. The summed E-state index contributed by atoms with van der Waals surface area (Å²) < 4.78 is 50.1.